The first-order valence-corrected chi connectivity index (χ1v) is 10.0. The Bertz CT molecular complexity index is 773. The normalized spacial score (nSPS) is 12.1. The molecule has 0 unspecified atom stereocenters. The van der Waals surface area contributed by atoms with Crippen molar-refractivity contribution in [1.29, 1.82) is 0 Å². The fraction of sp³-hybridized carbons (Fsp3) is 0.391. The van der Waals surface area contributed by atoms with Gasteiger partial charge in [-0.05, 0) is 29.2 Å². The maximum absolute atomic E-state index is 13.1. The molecule has 0 saturated heterocycles. The molecule has 28 heavy (non-hydrogen) atoms. The molecule has 0 radical (unpaired) electrons. The molecule has 0 aliphatic rings. The molecule has 0 aliphatic carbocycles. The molecule has 0 spiro atoms. The number of carbonyl (C=O) groups is 2. The second-order valence-electron chi connectivity index (χ2n) is 7.70. The van der Waals surface area contributed by atoms with Gasteiger partial charge in [-0.2, -0.15) is 0 Å². The SMILES string of the molecule is CC(C)CNC(=O)[C@@H](c1ccccc1)N(Cc1ccc(Cl)cc1)C(=O)C(C)C. The van der Waals surface area contributed by atoms with Crippen LogP contribution in [0.5, 0.6) is 0 Å². The summed E-state index contributed by atoms with van der Waals surface area (Å²) in [4.78, 5) is 27.9. The summed E-state index contributed by atoms with van der Waals surface area (Å²) >= 11 is 6.00. The topological polar surface area (TPSA) is 49.4 Å². The van der Waals surface area contributed by atoms with Gasteiger partial charge in [-0.15, -0.1) is 0 Å². The van der Waals surface area contributed by atoms with Crippen molar-refractivity contribution < 1.29 is 9.59 Å². The first-order chi connectivity index (χ1) is 13.3. The highest BCUT2D eigenvalue weighted by Gasteiger charge is 2.32. The van der Waals surface area contributed by atoms with Crippen LogP contribution in [-0.4, -0.2) is 23.3 Å². The number of hydrogen-bond donors (Lipinski definition) is 1. The second-order valence-corrected chi connectivity index (χ2v) is 8.14. The van der Waals surface area contributed by atoms with Gasteiger partial charge in [0, 0.05) is 24.0 Å². The first-order valence-electron chi connectivity index (χ1n) is 9.67. The molecule has 1 N–H and O–H groups in total. The van der Waals surface area contributed by atoms with E-state index in [-0.39, 0.29) is 17.7 Å². The summed E-state index contributed by atoms with van der Waals surface area (Å²) in [5.41, 5.74) is 1.72. The number of hydrogen-bond acceptors (Lipinski definition) is 2. The zero-order chi connectivity index (χ0) is 20.7. The van der Waals surface area contributed by atoms with Crippen molar-refractivity contribution in [2.75, 3.05) is 6.54 Å². The van der Waals surface area contributed by atoms with Gasteiger partial charge in [0.2, 0.25) is 11.8 Å². The van der Waals surface area contributed by atoms with Crippen LogP contribution in [-0.2, 0) is 16.1 Å². The predicted molar refractivity (Wildman–Crippen MR) is 114 cm³/mol. The molecule has 5 heteroatoms. The minimum Gasteiger partial charge on any atom is -0.354 e. The van der Waals surface area contributed by atoms with Gasteiger partial charge in [-0.3, -0.25) is 9.59 Å². The highest BCUT2D eigenvalue weighted by atomic mass is 35.5. The predicted octanol–water partition coefficient (Wildman–Crippen LogP) is 4.84. The summed E-state index contributed by atoms with van der Waals surface area (Å²) in [6, 6.07) is 16.1. The van der Waals surface area contributed by atoms with E-state index in [2.05, 4.69) is 5.32 Å². The maximum Gasteiger partial charge on any atom is 0.247 e. The Hall–Kier alpha value is -2.33. The van der Waals surface area contributed by atoms with Crippen molar-refractivity contribution in [3.63, 3.8) is 0 Å². The van der Waals surface area contributed by atoms with Crippen LogP contribution >= 0.6 is 11.6 Å². The zero-order valence-electron chi connectivity index (χ0n) is 17.0. The number of nitrogens with one attached hydrogen (secondary N) is 1. The highest BCUT2D eigenvalue weighted by Crippen LogP contribution is 2.26. The van der Waals surface area contributed by atoms with Crippen molar-refractivity contribution in [2.45, 2.75) is 40.3 Å². The number of nitrogens with zero attached hydrogens (tertiary/aromatic N) is 1. The molecule has 4 nitrogen and oxygen atoms in total. The molecule has 2 aromatic rings. The van der Waals surface area contributed by atoms with E-state index in [1.807, 2.05) is 70.2 Å². The van der Waals surface area contributed by atoms with Crippen LogP contribution < -0.4 is 5.32 Å². The van der Waals surface area contributed by atoms with Crippen molar-refractivity contribution in [3.05, 3.63) is 70.7 Å². The Kier molecular flexibility index (Phi) is 8.06. The average molecular weight is 401 g/mol. The van der Waals surface area contributed by atoms with Crippen LogP contribution in [0, 0.1) is 11.8 Å². The smallest absolute Gasteiger partial charge is 0.247 e. The van der Waals surface area contributed by atoms with Crippen LogP contribution in [0.15, 0.2) is 54.6 Å². The van der Waals surface area contributed by atoms with E-state index in [1.54, 1.807) is 17.0 Å². The molecule has 0 aliphatic heterocycles. The van der Waals surface area contributed by atoms with Crippen LogP contribution in [0.25, 0.3) is 0 Å². The van der Waals surface area contributed by atoms with Crippen LogP contribution in [0.2, 0.25) is 5.02 Å². The van der Waals surface area contributed by atoms with E-state index < -0.39 is 6.04 Å². The van der Waals surface area contributed by atoms with Crippen molar-refractivity contribution in [1.82, 2.24) is 10.2 Å². The lowest BCUT2D eigenvalue weighted by Gasteiger charge is -2.33. The maximum atomic E-state index is 13.1. The van der Waals surface area contributed by atoms with Crippen molar-refractivity contribution >= 4 is 23.4 Å². The van der Waals surface area contributed by atoms with E-state index in [0.29, 0.717) is 24.0 Å². The largest absolute Gasteiger partial charge is 0.354 e. The number of carbonyl (C=O) groups excluding carboxylic acids is 2. The number of rotatable bonds is 8. The third kappa shape index (κ3) is 6.10. The highest BCUT2D eigenvalue weighted by molar-refractivity contribution is 6.30. The van der Waals surface area contributed by atoms with Gasteiger partial charge < -0.3 is 10.2 Å². The van der Waals surface area contributed by atoms with E-state index in [1.165, 1.54) is 0 Å². The van der Waals surface area contributed by atoms with Gasteiger partial charge in [-0.1, -0.05) is 81.8 Å². The molecule has 150 valence electrons. The number of amides is 2. The zero-order valence-corrected chi connectivity index (χ0v) is 17.7. The molecule has 0 heterocycles. The Labute approximate surface area is 172 Å². The molecule has 0 saturated carbocycles. The van der Waals surface area contributed by atoms with Crippen molar-refractivity contribution in [3.8, 4) is 0 Å². The summed E-state index contributed by atoms with van der Waals surface area (Å²) in [5.74, 6) is -0.131. The van der Waals surface area contributed by atoms with Crippen LogP contribution in [0.1, 0.15) is 44.9 Å². The molecule has 0 bridgehead atoms. The summed E-state index contributed by atoms with van der Waals surface area (Å²) in [6.07, 6.45) is 0. The fourth-order valence-corrected chi connectivity index (χ4v) is 3.05. The van der Waals surface area contributed by atoms with Crippen molar-refractivity contribution in [2.24, 2.45) is 11.8 Å². The molecular weight excluding hydrogens is 372 g/mol. The summed E-state index contributed by atoms with van der Waals surface area (Å²) in [6.45, 7) is 8.69. The van der Waals surface area contributed by atoms with E-state index in [0.717, 1.165) is 11.1 Å². The molecule has 2 aromatic carbocycles. The third-order valence-corrected chi connectivity index (χ3v) is 4.66. The fourth-order valence-electron chi connectivity index (χ4n) is 2.92. The van der Waals surface area contributed by atoms with Gasteiger partial charge >= 0.3 is 0 Å². The van der Waals surface area contributed by atoms with Crippen LogP contribution in [0.3, 0.4) is 0 Å². The average Bonchev–Trinajstić information content (AvgIpc) is 2.67. The second kappa shape index (κ2) is 10.3. The number of halogens is 1. The Morgan fingerprint density at radius 3 is 2.11 bits per heavy atom. The lowest BCUT2D eigenvalue weighted by molar-refractivity contribution is -0.144. The van der Waals surface area contributed by atoms with E-state index >= 15 is 0 Å². The van der Waals surface area contributed by atoms with Crippen LogP contribution in [0.4, 0.5) is 0 Å². The number of benzene rings is 2. The standard InChI is InChI=1S/C23H29ClN2O2/c1-16(2)14-25-22(27)21(19-8-6-5-7-9-19)26(23(28)17(3)4)15-18-10-12-20(24)13-11-18/h5-13,16-17,21H,14-15H2,1-4H3,(H,25,27)/t21-/m1/s1. The lowest BCUT2D eigenvalue weighted by Crippen LogP contribution is -2.45. The molecule has 0 aromatic heterocycles. The molecular formula is C23H29ClN2O2. The van der Waals surface area contributed by atoms with E-state index in [9.17, 15) is 9.59 Å². The minimum atomic E-state index is -0.689. The van der Waals surface area contributed by atoms with Gasteiger partial charge in [0.05, 0.1) is 0 Å². The lowest BCUT2D eigenvalue weighted by atomic mass is 10.0. The van der Waals surface area contributed by atoms with E-state index in [4.69, 9.17) is 11.6 Å². The summed E-state index contributed by atoms with van der Waals surface area (Å²) < 4.78 is 0. The molecule has 2 rings (SSSR count). The van der Waals surface area contributed by atoms with Gasteiger partial charge in [0.15, 0.2) is 0 Å². The molecule has 1 atom stereocenters. The molecule has 0 fully saturated rings. The van der Waals surface area contributed by atoms with Gasteiger partial charge in [-0.25, -0.2) is 0 Å². The monoisotopic (exact) mass is 400 g/mol. The third-order valence-electron chi connectivity index (χ3n) is 4.40. The van der Waals surface area contributed by atoms with Gasteiger partial charge in [0.1, 0.15) is 6.04 Å². The Morgan fingerprint density at radius 1 is 0.964 bits per heavy atom. The van der Waals surface area contributed by atoms with Gasteiger partial charge in [0.25, 0.3) is 0 Å². The Balaban J connectivity index is 2.42. The first kappa shape index (κ1) is 22.0. The Morgan fingerprint density at radius 2 is 1.57 bits per heavy atom. The molecule has 2 amide bonds. The quantitative estimate of drug-likeness (QED) is 0.689. The summed E-state index contributed by atoms with van der Waals surface area (Å²) in [7, 11) is 0. The summed E-state index contributed by atoms with van der Waals surface area (Å²) in [5, 5.41) is 3.63. The minimum absolute atomic E-state index is 0.0662.